The molecule has 13 nitrogen and oxygen atoms in total. The normalized spacial score (nSPS) is 16.5. The number of rotatable bonds is 13. The molecule has 0 aromatic heterocycles. The number of hydrogen-bond donors (Lipinski definition) is 5. The highest BCUT2D eigenvalue weighted by molar-refractivity contribution is 6.26. The first-order chi connectivity index (χ1) is 13.3. The molecule has 1 rings (SSSR count). The van der Waals surface area contributed by atoms with Crippen LogP contribution in [0.15, 0.2) is 0 Å². The molecule has 1 unspecified atom stereocenters. The Morgan fingerprint density at radius 3 is 1.41 bits per heavy atom. The molecule has 1 aliphatic heterocycles. The van der Waals surface area contributed by atoms with Crippen LogP contribution in [-0.4, -0.2) is 66.9 Å². The first-order valence-electron chi connectivity index (χ1n) is 8.42. The molecular weight excluding hydrogens is 400 g/mol. The van der Waals surface area contributed by atoms with Gasteiger partial charge in [0.2, 0.25) is 0 Å². The van der Waals surface area contributed by atoms with E-state index in [1.54, 1.807) is 0 Å². The smallest absolute Gasteiger partial charge is 0.334 e. The maximum Gasteiger partial charge on any atom is 0.334 e. The minimum Gasteiger partial charge on any atom is -0.480 e. The molecule has 0 aromatic rings. The van der Waals surface area contributed by atoms with Gasteiger partial charge in [-0.15, -0.1) is 0 Å². The molecule has 0 aliphatic carbocycles. The molecule has 5 N–H and O–H groups in total. The van der Waals surface area contributed by atoms with Crippen molar-refractivity contribution >= 4 is 35.6 Å². The van der Waals surface area contributed by atoms with Crippen molar-refractivity contribution in [2.75, 3.05) is 0 Å². The van der Waals surface area contributed by atoms with Crippen LogP contribution in [0.5, 0.6) is 0 Å². The van der Waals surface area contributed by atoms with Gasteiger partial charge < -0.3 is 25.5 Å². The van der Waals surface area contributed by atoms with Gasteiger partial charge in [-0.25, -0.2) is 0 Å². The van der Waals surface area contributed by atoms with E-state index in [4.69, 9.17) is 0 Å². The maximum absolute atomic E-state index is 13.2. The van der Waals surface area contributed by atoms with Gasteiger partial charge in [0.25, 0.3) is 16.6 Å². The van der Waals surface area contributed by atoms with Crippen molar-refractivity contribution in [1.29, 1.82) is 0 Å². The van der Waals surface area contributed by atoms with Crippen molar-refractivity contribution in [2.45, 2.75) is 45.3 Å². The van der Waals surface area contributed by atoms with Crippen LogP contribution in [0.25, 0.3) is 0 Å². The average molecular weight is 420 g/mol. The summed E-state index contributed by atoms with van der Waals surface area (Å²) in [6, 6.07) is 0. The second-order valence-electron chi connectivity index (χ2n) is 6.46. The third-order valence-corrected chi connectivity index (χ3v) is 4.87. The second-order valence-corrected chi connectivity index (χ2v) is 6.46. The van der Waals surface area contributed by atoms with E-state index in [1.807, 2.05) is 0 Å². The van der Waals surface area contributed by atoms with Crippen LogP contribution in [0.4, 0.5) is 0 Å². The lowest BCUT2D eigenvalue weighted by atomic mass is 9.62. The Bertz CT molecular complexity index is 698. The lowest BCUT2D eigenvalue weighted by molar-refractivity contribution is -0.191. The topological polar surface area (TPSA) is 229 Å². The molecule has 0 spiro atoms. The highest BCUT2D eigenvalue weighted by atomic mass is 17.4. The number of ketones is 1. The van der Waals surface area contributed by atoms with Gasteiger partial charge in [-0.3, -0.25) is 28.8 Å². The molecule has 29 heavy (non-hydrogen) atoms. The standard InChI is InChI=1S/C16H20O13/c1-3-5-7(15(9(18)19,10(20)21)11(22)23)8(17)16(12(24)25,13(26)27)14(6-4-2)28-29-14/h7H,3-6H2,1-2H3,(H,18,19)(H,20,21)(H,22,23)(H,24,25)(H,26,27). The van der Waals surface area contributed by atoms with Gasteiger partial charge in [0, 0.05) is 6.42 Å². The Morgan fingerprint density at radius 1 is 0.759 bits per heavy atom. The number of Topliss-reactive ketones (excluding diaryl/α,β-unsaturated/α-hetero) is 1. The molecule has 0 bridgehead atoms. The number of carbonyl (C=O) groups is 6. The summed E-state index contributed by atoms with van der Waals surface area (Å²) in [7, 11) is 0. The molecule has 0 saturated carbocycles. The second kappa shape index (κ2) is 8.13. The predicted octanol–water partition coefficient (Wildman–Crippen LogP) is -0.174. The Kier molecular flexibility index (Phi) is 6.72. The summed E-state index contributed by atoms with van der Waals surface area (Å²) >= 11 is 0. The highest BCUT2D eigenvalue weighted by Crippen LogP contribution is 2.54. The van der Waals surface area contributed by atoms with Crippen molar-refractivity contribution in [2.24, 2.45) is 16.7 Å². The Balaban J connectivity index is 3.89. The van der Waals surface area contributed by atoms with Crippen LogP contribution in [0.3, 0.4) is 0 Å². The fourth-order valence-corrected chi connectivity index (χ4v) is 3.41. The van der Waals surface area contributed by atoms with Crippen molar-refractivity contribution in [3.63, 3.8) is 0 Å². The number of aliphatic carboxylic acids is 5. The van der Waals surface area contributed by atoms with Crippen LogP contribution < -0.4 is 0 Å². The molecule has 162 valence electrons. The Morgan fingerprint density at radius 2 is 1.17 bits per heavy atom. The SMILES string of the molecule is CCCC(C(=O)C(C(=O)O)(C(=O)O)C1(CCC)OO1)C(C(=O)O)(C(=O)O)C(=O)O. The summed E-state index contributed by atoms with van der Waals surface area (Å²) in [5.41, 5.74) is -7.42. The zero-order chi connectivity index (χ0) is 22.8. The average Bonchev–Trinajstić information content (AvgIpc) is 3.34. The van der Waals surface area contributed by atoms with Gasteiger partial charge in [0.1, 0.15) is 0 Å². The minimum atomic E-state index is -3.83. The van der Waals surface area contributed by atoms with Gasteiger partial charge in [-0.05, 0) is 6.42 Å². The molecule has 1 heterocycles. The van der Waals surface area contributed by atoms with E-state index in [0.717, 1.165) is 0 Å². The minimum absolute atomic E-state index is 0.0654. The van der Waals surface area contributed by atoms with E-state index in [1.165, 1.54) is 13.8 Å². The molecule has 0 radical (unpaired) electrons. The summed E-state index contributed by atoms with van der Waals surface area (Å²) < 4.78 is 0. The van der Waals surface area contributed by atoms with E-state index in [-0.39, 0.29) is 12.8 Å². The van der Waals surface area contributed by atoms with Gasteiger partial charge in [-0.1, -0.05) is 26.7 Å². The third-order valence-electron chi connectivity index (χ3n) is 4.87. The van der Waals surface area contributed by atoms with Crippen molar-refractivity contribution in [3.05, 3.63) is 0 Å². The van der Waals surface area contributed by atoms with E-state index < -0.39 is 71.0 Å². The molecular formula is C16H20O13. The van der Waals surface area contributed by atoms with Crippen LogP contribution >= 0.6 is 0 Å². The largest absolute Gasteiger partial charge is 0.480 e. The molecule has 0 amide bonds. The van der Waals surface area contributed by atoms with Crippen molar-refractivity contribution in [1.82, 2.24) is 0 Å². The molecule has 1 aliphatic rings. The fraction of sp³-hybridized carbons (Fsp3) is 0.625. The molecule has 1 atom stereocenters. The quantitative estimate of drug-likeness (QED) is 0.148. The van der Waals surface area contributed by atoms with Gasteiger partial charge in [0.05, 0.1) is 5.92 Å². The van der Waals surface area contributed by atoms with Crippen molar-refractivity contribution in [3.8, 4) is 0 Å². The predicted molar refractivity (Wildman–Crippen MR) is 86.3 cm³/mol. The first-order valence-corrected chi connectivity index (χ1v) is 8.42. The summed E-state index contributed by atoms with van der Waals surface area (Å²) in [5, 5.41) is 47.5. The fourth-order valence-electron chi connectivity index (χ4n) is 3.41. The lowest BCUT2D eigenvalue weighted by Gasteiger charge is -2.35. The van der Waals surface area contributed by atoms with Crippen LogP contribution in [0.1, 0.15) is 39.5 Å². The number of carboxylic acid groups (broad SMARTS) is 5. The maximum atomic E-state index is 13.2. The van der Waals surface area contributed by atoms with Crippen molar-refractivity contribution < 1.29 is 64.1 Å². The van der Waals surface area contributed by atoms with E-state index in [0.29, 0.717) is 0 Å². The lowest BCUT2D eigenvalue weighted by Crippen LogP contribution is -2.64. The third kappa shape index (κ3) is 3.21. The summed E-state index contributed by atoms with van der Waals surface area (Å²) in [5.74, 6) is -19.1. The number of carbonyl (C=O) groups excluding carboxylic acids is 1. The summed E-state index contributed by atoms with van der Waals surface area (Å²) in [6.07, 6.45) is -1.27. The highest BCUT2D eigenvalue weighted by Gasteiger charge is 2.80. The zero-order valence-electron chi connectivity index (χ0n) is 15.4. The number of hydrogen-bond acceptors (Lipinski definition) is 8. The molecule has 1 saturated heterocycles. The van der Waals surface area contributed by atoms with E-state index >= 15 is 0 Å². The zero-order valence-corrected chi connectivity index (χ0v) is 15.4. The van der Waals surface area contributed by atoms with Gasteiger partial charge >= 0.3 is 29.8 Å². The molecule has 0 aromatic carbocycles. The summed E-state index contributed by atoms with van der Waals surface area (Å²) in [6.45, 7) is 2.82. The molecule has 13 heteroatoms. The van der Waals surface area contributed by atoms with E-state index in [9.17, 15) is 54.3 Å². The molecule has 1 fully saturated rings. The number of carboxylic acids is 5. The first kappa shape index (κ1) is 24.0. The van der Waals surface area contributed by atoms with E-state index in [2.05, 4.69) is 9.78 Å². The summed E-state index contributed by atoms with van der Waals surface area (Å²) in [4.78, 5) is 81.5. The Labute approximate surface area is 162 Å². The monoisotopic (exact) mass is 420 g/mol. The Hall–Kier alpha value is -3.06. The van der Waals surface area contributed by atoms with Crippen LogP contribution in [0, 0.1) is 16.7 Å². The van der Waals surface area contributed by atoms with Crippen LogP contribution in [0.2, 0.25) is 0 Å². The van der Waals surface area contributed by atoms with Gasteiger partial charge in [-0.2, -0.15) is 9.78 Å². The van der Waals surface area contributed by atoms with Crippen LogP contribution in [-0.2, 0) is 38.5 Å². The van der Waals surface area contributed by atoms with Gasteiger partial charge in [0.15, 0.2) is 5.78 Å².